The molecule has 1 atom stereocenters. The van der Waals surface area contributed by atoms with Crippen molar-refractivity contribution in [1.29, 1.82) is 0 Å². The van der Waals surface area contributed by atoms with Gasteiger partial charge >= 0.3 is 0 Å². The predicted octanol–water partition coefficient (Wildman–Crippen LogP) is 2.06. The van der Waals surface area contributed by atoms with Crippen LogP contribution in [0.3, 0.4) is 0 Å². The summed E-state index contributed by atoms with van der Waals surface area (Å²) < 4.78 is 22.4. The van der Waals surface area contributed by atoms with E-state index in [-0.39, 0.29) is 42.3 Å². The van der Waals surface area contributed by atoms with Gasteiger partial charge in [0.2, 0.25) is 12.3 Å². The van der Waals surface area contributed by atoms with Gasteiger partial charge in [0, 0.05) is 56.2 Å². The molecule has 1 aliphatic heterocycles. The lowest BCUT2D eigenvalue weighted by molar-refractivity contribution is -0.182. The zero-order valence-electron chi connectivity index (χ0n) is 26.3. The topological polar surface area (TPSA) is 91.0 Å². The number of carbonyl (C=O) groups is 3. The van der Waals surface area contributed by atoms with E-state index >= 15 is 4.39 Å². The van der Waals surface area contributed by atoms with Crippen LogP contribution in [0.5, 0.6) is 0 Å². The van der Waals surface area contributed by atoms with Gasteiger partial charge < -0.3 is 25.1 Å². The molecule has 1 fully saturated rings. The molecule has 1 heterocycles. The number of morpholine rings is 1. The zero-order valence-corrected chi connectivity index (χ0v) is 26.3. The summed E-state index contributed by atoms with van der Waals surface area (Å²) in [7, 11) is 5.36. The summed E-state index contributed by atoms with van der Waals surface area (Å²) in [4.78, 5) is 39.4. The Labute approximate surface area is 251 Å². The molecular formula is C31H45B2FN4O4. The number of likely N-dealkylation sites (N-methyl/N-ethyl adjacent to an activating group) is 1. The van der Waals surface area contributed by atoms with Gasteiger partial charge in [0.15, 0.2) is 0 Å². The molecule has 3 rings (SSSR count). The second-order valence-electron chi connectivity index (χ2n) is 13.0. The minimum atomic E-state index is -0.810. The molecule has 1 unspecified atom stereocenters. The molecule has 42 heavy (non-hydrogen) atoms. The number of nitrogens with one attached hydrogen (secondary N) is 2. The summed E-state index contributed by atoms with van der Waals surface area (Å²) in [6.45, 7) is 12.2. The van der Waals surface area contributed by atoms with E-state index in [1.54, 1.807) is 6.07 Å². The minimum Gasteiger partial charge on any atom is -0.391 e. The first kappa shape index (κ1) is 33.3. The highest BCUT2D eigenvalue weighted by Crippen LogP contribution is 2.32. The number of halogens is 1. The standard InChI is InChI=1S/C31H45B2FN4O4/c1-21-10-7-13-25(23(21)17-38(20-40)26(14-9-15-39)28(41)35-6)36-31(32,33)24-12-8-11-22(27(24)34)16-37-18-29(2,3)42-30(4,5)19-37/h7-8,10-13,15,20,26,36H,9,14,16-19,32-33H2,1-6H3,(H,35,41). The molecule has 0 spiro atoms. The average Bonchev–Trinajstić information content (AvgIpc) is 2.88. The smallest absolute Gasteiger partial charge is 0.242 e. The number of aldehydes is 1. The van der Waals surface area contributed by atoms with Crippen molar-refractivity contribution in [2.45, 2.75) is 83.1 Å². The van der Waals surface area contributed by atoms with Gasteiger partial charge in [-0.25, -0.2) is 4.39 Å². The van der Waals surface area contributed by atoms with Crippen LogP contribution in [0, 0.1) is 12.7 Å². The second kappa shape index (κ2) is 13.4. The lowest BCUT2D eigenvalue weighted by atomic mass is 9.57. The van der Waals surface area contributed by atoms with Crippen molar-refractivity contribution in [2.75, 3.05) is 25.5 Å². The summed E-state index contributed by atoms with van der Waals surface area (Å²) in [6, 6.07) is 10.5. The Morgan fingerprint density at radius 3 is 2.38 bits per heavy atom. The Hall–Kier alpha value is -3.17. The largest absolute Gasteiger partial charge is 0.391 e. The lowest BCUT2D eigenvalue weighted by Gasteiger charge is -2.47. The van der Waals surface area contributed by atoms with Gasteiger partial charge in [-0.15, -0.1) is 0 Å². The summed E-state index contributed by atoms with van der Waals surface area (Å²) in [5, 5.41) is 5.30. The highest BCUT2D eigenvalue weighted by atomic mass is 19.1. The fourth-order valence-corrected chi connectivity index (χ4v) is 6.16. The molecule has 1 aliphatic rings. The molecule has 226 valence electrons. The van der Waals surface area contributed by atoms with Crippen LogP contribution in [-0.2, 0) is 37.5 Å². The maximum atomic E-state index is 16.2. The van der Waals surface area contributed by atoms with E-state index in [9.17, 15) is 14.4 Å². The van der Waals surface area contributed by atoms with Crippen LogP contribution >= 0.6 is 0 Å². The average molecular weight is 578 g/mol. The normalized spacial score (nSPS) is 17.2. The van der Waals surface area contributed by atoms with E-state index in [2.05, 4.69) is 43.2 Å². The van der Waals surface area contributed by atoms with Gasteiger partial charge in [-0.05, 0) is 63.8 Å². The molecule has 1 saturated heterocycles. The molecule has 0 bridgehead atoms. The molecule has 2 N–H and O–H groups in total. The Balaban J connectivity index is 1.90. The van der Waals surface area contributed by atoms with Crippen LogP contribution in [0.2, 0.25) is 0 Å². The number of ether oxygens (including phenoxy) is 1. The quantitative estimate of drug-likeness (QED) is 0.280. The Bertz CT molecular complexity index is 1270. The molecule has 11 heteroatoms. The van der Waals surface area contributed by atoms with Crippen molar-refractivity contribution in [3.63, 3.8) is 0 Å². The Kier molecular flexibility index (Phi) is 10.7. The third-order valence-corrected chi connectivity index (χ3v) is 7.75. The van der Waals surface area contributed by atoms with Crippen LogP contribution in [-0.4, -0.2) is 81.5 Å². The van der Waals surface area contributed by atoms with E-state index in [1.807, 2.05) is 52.9 Å². The number of nitrogens with zero attached hydrogens (tertiary/aromatic N) is 2. The van der Waals surface area contributed by atoms with Gasteiger partial charge in [-0.1, -0.05) is 30.3 Å². The van der Waals surface area contributed by atoms with E-state index in [0.29, 0.717) is 37.2 Å². The first-order valence-corrected chi connectivity index (χ1v) is 14.6. The fraction of sp³-hybridized carbons (Fsp3) is 0.516. The van der Waals surface area contributed by atoms with Crippen LogP contribution in [0.4, 0.5) is 10.1 Å². The van der Waals surface area contributed by atoms with Crippen molar-refractivity contribution in [2.24, 2.45) is 0 Å². The summed E-state index contributed by atoms with van der Waals surface area (Å²) in [5.41, 5.74) is 2.94. The monoisotopic (exact) mass is 578 g/mol. The van der Waals surface area contributed by atoms with E-state index in [1.165, 1.54) is 11.9 Å². The van der Waals surface area contributed by atoms with Crippen molar-refractivity contribution in [3.8, 4) is 0 Å². The third-order valence-electron chi connectivity index (χ3n) is 7.75. The SMILES string of the molecule is BC(B)(Nc1cccc(C)c1CN(C=O)C(CCC=O)C(=O)NC)c1cccc(CN2CC(C)(C)OC(C)(C)C2)c1F. The van der Waals surface area contributed by atoms with Crippen molar-refractivity contribution in [1.82, 2.24) is 15.1 Å². The van der Waals surface area contributed by atoms with Gasteiger partial charge in [-0.3, -0.25) is 14.5 Å². The van der Waals surface area contributed by atoms with Crippen LogP contribution in [0.1, 0.15) is 62.8 Å². The van der Waals surface area contributed by atoms with Crippen LogP contribution < -0.4 is 10.6 Å². The minimum absolute atomic E-state index is 0.149. The summed E-state index contributed by atoms with van der Waals surface area (Å²) in [6.07, 6.45) is 1.76. The van der Waals surface area contributed by atoms with Crippen LogP contribution in [0.15, 0.2) is 36.4 Å². The summed E-state index contributed by atoms with van der Waals surface area (Å²) >= 11 is 0. The van der Waals surface area contributed by atoms with Gasteiger partial charge in [0.05, 0.1) is 11.2 Å². The third kappa shape index (κ3) is 8.22. The Morgan fingerprint density at radius 1 is 1.14 bits per heavy atom. The van der Waals surface area contributed by atoms with Gasteiger partial charge in [0.25, 0.3) is 0 Å². The molecule has 0 saturated carbocycles. The van der Waals surface area contributed by atoms with E-state index in [4.69, 9.17) is 4.74 Å². The number of aryl methyl sites for hydroxylation is 1. The second-order valence-corrected chi connectivity index (χ2v) is 13.0. The molecule has 2 aromatic carbocycles. The predicted molar refractivity (Wildman–Crippen MR) is 169 cm³/mol. The molecule has 0 aromatic heterocycles. The van der Waals surface area contributed by atoms with Gasteiger partial charge in [-0.2, -0.15) is 0 Å². The maximum absolute atomic E-state index is 16.2. The number of benzene rings is 2. The van der Waals surface area contributed by atoms with E-state index < -0.39 is 11.4 Å². The van der Waals surface area contributed by atoms with Gasteiger partial charge in [0.1, 0.15) is 33.8 Å². The zero-order chi connectivity index (χ0) is 31.3. The molecular weight excluding hydrogens is 533 g/mol. The molecule has 2 aromatic rings. The number of rotatable bonds is 13. The number of amides is 2. The maximum Gasteiger partial charge on any atom is 0.242 e. The molecule has 0 aliphatic carbocycles. The molecule has 0 radical (unpaired) electrons. The van der Waals surface area contributed by atoms with E-state index in [0.717, 1.165) is 23.1 Å². The first-order chi connectivity index (χ1) is 19.6. The molecule has 8 nitrogen and oxygen atoms in total. The molecule has 2 amide bonds. The number of carbonyl (C=O) groups excluding carboxylic acids is 3. The van der Waals surface area contributed by atoms with Crippen molar-refractivity contribution < 1.29 is 23.5 Å². The highest BCUT2D eigenvalue weighted by Gasteiger charge is 2.38. The van der Waals surface area contributed by atoms with Crippen LogP contribution in [0.25, 0.3) is 0 Å². The van der Waals surface area contributed by atoms with Crippen molar-refractivity contribution >= 4 is 40.0 Å². The summed E-state index contributed by atoms with van der Waals surface area (Å²) in [5.74, 6) is -0.590. The highest BCUT2D eigenvalue weighted by molar-refractivity contribution is 6.41. The lowest BCUT2D eigenvalue weighted by Crippen LogP contribution is -2.56. The number of hydrogen-bond acceptors (Lipinski definition) is 6. The Morgan fingerprint density at radius 2 is 1.79 bits per heavy atom. The first-order valence-electron chi connectivity index (χ1n) is 14.6. The van der Waals surface area contributed by atoms with Crippen molar-refractivity contribution in [3.05, 3.63) is 64.5 Å². The fourth-order valence-electron chi connectivity index (χ4n) is 6.16. The number of anilines is 1. The number of hydrogen-bond donors (Lipinski definition) is 2.